The molecule has 5 heteroatoms. The van der Waals surface area contributed by atoms with Gasteiger partial charge in [0.1, 0.15) is 0 Å². The summed E-state index contributed by atoms with van der Waals surface area (Å²) in [6.07, 6.45) is -0.164. The number of carboxylic acid groups (broad SMARTS) is 1. The van der Waals surface area contributed by atoms with Gasteiger partial charge in [0.05, 0.1) is 11.8 Å². The smallest absolute Gasteiger partial charge is 0.305 e. The Hall–Kier alpha value is -0.440. The minimum absolute atomic E-state index is 0.164. The van der Waals surface area contributed by atoms with Crippen molar-refractivity contribution in [1.82, 2.24) is 0 Å². The first-order chi connectivity index (χ1) is 6.50. The Bertz CT molecular complexity index is 352. The zero-order valence-electron chi connectivity index (χ0n) is 7.01. The van der Waals surface area contributed by atoms with E-state index in [1.165, 1.54) is 6.07 Å². The average molecular weight is 254 g/mol. The molecular weight excluding hydrogens is 246 g/mol. The van der Waals surface area contributed by atoms with Gasteiger partial charge < -0.3 is 5.11 Å². The number of hydrogen-bond acceptors (Lipinski definition) is 1. The third kappa shape index (κ3) is 3.05. The summed E-state index contributed by atoms with van der Waals surface area (Å²) in [7, 11) is 0. The molecule has 0 saturated carbocycles. The molecule has 0 aromatic heterocycles. The van der Waals surface area contributed by atoms with Crippen molar-refractivity contribution < 1.29 is 9.90 Å². The molecule has 1 unspecified atom stereocenters. The van der Waals surface area contributed by atoms with Crippen LogP contribution in [0.5, 0.6) is 0 Å². The third-order valence-corrected chi connectivity index (χ3v) is 2.61. The summed E-state index contributed by atoms with van der Waals surface area (Å²) < 4.78 is 0. The summed E-state index contributed by atoms with van der Waals surface area (Å²) in [5, 5.41) is 8.80. The van der Waals surface area contributed by atoms with Gasteiger partial charge in [-0.3, -0.25) is 4.79 Å². The molecule has 0 radical (unpaired) electrons. The second-order valence-corrected chi connectivity index (χ2v) is 4.10. The van der Waals surface area contributed by atoms with Crippen LogP contribution in [0.25, 0.3) is 0 Å². The van der Waals surface area contributed by atoms with E-state index in [4.69, 9.17) is 39.9 Å². The number of hydrogen-bond donors (Lipinski definition) is 1. The lowest BCUT2D eigenvalue weighted by Gasteiger charge is -2.09. The Morgan fingerprint density at radius 1 is 1.43 bits per heavy atom. The SMILES string of the molecule is O=C(O)CC(Cl)c1ccc(Cl)cc1Cl. The molecule has 0 aliphatic carbocycles. The predicted octanol–water partition coefficient (Wildman–Crippen LogP) is 3.75. The lowest BCUT2D eigenvalue weighted by Crippen LogP contribution is -2.01. The molecule has 0 heterocycles. The topological polar surface area (TPSA) is 37.3 Å². The fourth-order valence-corrected chi connectivity index (χ4v) is 1.94. The van der Waals surface area contributed by atoms with Crippen molar-refractivity contribution in [3.8, 4) is 0 Å². The van der Waals surface area contributed by atoms with Crippen LogP contribution in [0.15, 0.2) is 18.2 Å². The van der Waals surface area contributed by atoms with Crippen LogP contribution in [0.3, 0.4) is 0 Å². The Balaban J connectivity index is 2.90. The summed E-state index contributed by atoms with van der Waals surface area (Å²) in [6, 6.07) is 4.79. The quantitative estimate of drug-likeness (QED) is 0.833. The van der Waals surface area contributed by atoms with E-state index < -0.39 is 11.3 Å². The first-order valence-electron chi connectivity index (χ1n) is 3.81. The maximum Gasteiger partial charge on any atom is 0.305 e. The highest BCUT2D eigenvalue weighted by molar-refractivity contribution is 6.36. The highest BCUT2D eigenvalue weighted by atomic mass is 35.5. The van der Waals surface area contributed by atoms with Gasteiger partial charge in [0.2, 0.25) is 0 Å². The van der Waals surface area contributed by atoms with Crippen molar-refractivity contribution in [3.63, 3.8) is 0 Å². The molecule has 0 aliphatic rings. The van der Waals surface area contributed by atoms with Crippen LogP contribution in [0, 0.1) is 0 Å². The summed E-state index contributed by atoms with van der Waals surface area (Å²) in [6.45, 7) is 0. The van der Waals surface area contributed by atoms with Crippen LogP contribution in [-0.2, 0) is 4.79 Å². The van der Waals surface area contributed by atoms with E-state index in [1.807, 2.05) is 0 Å². The second kappa shape index (κ2) is 4.87. The molecule has 0 aliphatic heterocycles. The molecule has 1 aromatic rings. The standard InChI is InChI=1S/C9H7Cl3O2/c10-5-1-2-6(7(11)3-5)8(12)4-9(13)14/h1-3,8H,4H2,(H,13,14). The maximum absolute atomic E-state index is 10.4. The normalized spacial score (nSPS) is 12.5. The van der Waals surface area contributed by atoms with Gasteiger partial charge in [-0.15, -0.1) is 11.6 Å². The lowest BCUT2D eigenvalue weighted by atomic mass is 10.1. The fourth-order valence-electron chi connectivity index (χ4n) is 1.02. The molecule has 76 valence electrons. The first-order valence-corrected chi connectivity index (χ1v) is 5.00. The van der Waals surface area contributed by atoms with Crippen LogP contribution in [0.1, 0.15) is 17.4 Å². The van der Waals surface area contributed by atoms with Crippen molar-refractivity contribution in [2.75, 3.05) is 0 Å². The first kappa shape index (κ1) is 11.6. The van der Waals surface area contributed by atoms with E-state index in [0.29, 0.717) is 15.6 Å². The average Bonchev–Trinajstić information content (AvgIpc) is 2.01. The second-order valence-electron chi connectivity index (χ2n) is 2.73. The number of halogens is 3. The number of carboxylic acids is 1. The van der Waals surface area contributed by atoms with E-state index in [9.17, 15) is 4.79 Å². The zero-order chi connectivity index (χ0) is 10.7. The fraction of sp³-hybridized carbons (Fsp3) is 0.222. The van der Waals surface area contributed by atoms with E-state index in [1.54, 1.807) is 12.1 Å². The Labute approximate surface area is 96.4 Å². The van der Waals surface area contributed by atoms with Crippen LogP contribution in [0.4, 0.5) is 0 Å². The zero-order valence-corrected chi connectivity index (χ0v) is 9.27. The van der Waals surface area contributed by atoms with Crippen molar-refractivity contribution in [3.05, 3.63) is 33.8 Å². The number of aliphatic carboxylic acids is 1. The van der Waals surface area contributed by atoms with Gasteiger partial charge in [-0.2, -0.15) is 0 Å². The molecule has 0 spiro atoms. The molecule has 1 atom stereocenters. The highest BCUT2D eigenvalue weighted by Gasteiger charge is 2.15. The summed E-state index contributed by atoms with van der Waals surface area (Å²) >= 11 is 17.4. The molecule has 2 nitrogen and oxygen atoms in total. The van der Waals surface area contributed by atoms with Crippen LogP contribution in [-0.4, -0.2) is 11.1 Å². The molecule has 0 amide bonds. The Morgan fingerprint density at radius 2 is 2.07 bits per heavy atom. The van der Waals surface area contributed by atoms with Gasteiger partial charge in [0.25, 0.3) is 0 Å². The van der Waals surface area contributed by atoms with Crippen molar-refractivity contribution in [2.45, 2.75) is 11.8 Å². The van der Waals surface area contributed by atoms with E-state index >= 15 is 0 Å². The number of alkyl halides is 1. The van der Waals surface area contributed by atoms with Gasteiger partial charge in [0.15, 0.2) is 0 Å². The molecule has 0 fully saturated rings. The van der Waals surface area contributed by atoms with Gasteiger partial charge in [-0.05, 0) is 17.7 Å². The van der Waals surface area contributed by atoms with Gasteiger partial charge in [-0.25, -0.2) is 0 Å². The van der Waals surface area contributed by atoms with Crippen LogP contribution < -0.4 is 0 Å². The van der Waals surface area contributed by atoms with E-state index in [2.05, 4.69) is 0 Å². The third-order valence-electron chi connectivity index (χ3n) is 1.65. The largest absolute Gasteiger partial charge is 0.481 e. The number of benzene rings is 1. The predicted molar refractivity (Wildman–Crippen MR) is 57.3 cm³/mol. The summed E-state index contributed by atoms with van der Waals surface area (Å²) in [5.74, 6) is -0.962. The van der Waals surface area contributed by atoms with Gasteiger partial charge >= 0.3 is 5.97 Å². The van der Waals surface area contributed by atoms with Crippen molar-refractivity contribution in [1.29, 1.82) is 0 Å². The van der Waals surface area contributed by atoms with E-state index in [-0.39, 0.29) is 6.42 Å². The summed E-state index contributed by atoms with van der Waals surface area (Å²) in [4.78, 5) is 10.4. The molecule has 0 bridgehead atoms. The number of carbonyl (C=O) groups is 1. The molecular formula is C9H7Cl3O2. The molecule has 1 rings (SSSR count). The lowest BCUT2D eigenvalue weighted by molar-refractivity contribution is -0.137. The summed E-state index contributed by atoms with van der Waals surface area (Å²) in [5.41, 5.74) is 0.583. The molecule has 1 aromatic carbocycles. The Kier molecular flexibility index (Phi) is 4.05. The van der Waals surface area contributed by atoms with Gasteiger partial charge in [-0.1, -0.05) is 29.3 Å². The minimum atomic E-state index is -0.962. The molecule has 0 saturated heterocycles. The minimum Gasteiger partial charge on any atom is -0.481 e. The number of rotatable bonds is 3. The van der Waals surface area contributed by atoms with Crippen molar-refractivity contribution >= 4 is 40.8 Å². The molecule has 14 heavy (non-hydrogen) atoms. The highest BCUT2D eigenvalue weighted by Crippen LogP contribution is 2.32. The van der Waals surface area contributed by atoms with Crippen molar-refractivity contribution in [2.24, 2.45) is 0 Å². The van der Waals surface area contributed by atoms with E-state index in [0.717, 1.165) is 0 Å². The maximum atomic E-state index is 10.4. The van der Waals surface area contributed by atoms with Gasteiger partial charge in [0, 0.05) is 10.0 Å². The molecule has 1 N–H and O–H groups in total. The van der Waals surface area contributed by atoms with Crippen LogP contribution in [0.2, 0.25) is 10.0 Å². The monoisotopic (exact) mass is 252 g/mol. The Morgan fingerprint density at radius 3 is 2.57 bits per heavy atom. The van der Waals surface area contributed by atoms with Crippen LogP contribution >= 0.6 is 34.8 Å².